The molecule has 2 aliphatic heterocycles. The van der Waals surface area contributed by atoms with Gasteiger partial charge in [0, 0.05) is 36.2 Å². The first-order valence-corrected chi connectivity index (χ1v) is 16.5. The largest absolute Gasteiger partial charge is 0.483 e. The van der Waals surface area contributed by atoms with Gasteiger partial charge in [-0.1, -0.05) is 32.0 Å². The van der Waals surface area contributed by atoms with Crippen LogP contribution in [0.15, 0.2) is 42.5 Å². The quantitative estimate of drug-likeness (QED) is 0.218. The van der Waals surface area contributed by atoms with E-state index >= 15 is 0 Å². The molecule has 1 spiro atoms. The Kier molecular flexibility index (Phi) is 7.95. The van der Waals surface area contributed by atoms with Gasteiger partial charge < -0.3 is 19.5 Å². The number of esters is 1. The van der Waals surface area contributed by atoms with Crippen molar-refractivity contribution >= 4 is 18.0 Å². The summed E-state index contributed by atoms with van der Waals surface area (Å²) >= 11 is 0. The van der Waals surface area contributed by atoms with Gasteiger partial charge in [-0.2, -0.15) is 13.2 Å². The minimum absolute atomic E-state index is 0.140. The molecular formula is C36H41F3N2O5. The van der Waals surface area contributed by atoms with Crippen LogP contribution in [0.4, 0.5) is 13.2 Å². The van der Waals surface area contributed by atoms with Gasteiger partial charge in [0.1, 0.15) is 12.7 Å². The second kappa shape index (κ2) is 11.7. The number of ether oxygens (including phenoxy) is 2. The molecule has 2 bridgehead atoms. The van der Waals surface area contributed by atoms with E-state index in [4.69, 9.17) is 9.47 Å². The summed E-state index contributed by atoms with van der Waals surface area (Å²) in [6.45, 7) is 5.84. The summed E-state index contributed by atoms with van der Waals surface area (Å²) in [5, 5.41) is 9.43. The van der Waals surface area contributed by atoms with Gasteiger partial charge >= 0.3 is 12.1 Å². The summed E-state index contributed by atoms with van der Waals surface area (Å²) in [5.74, 6) is 1.04. The molecule has 7 nitrogen and oxygen atoms in total. The van der Waals surface area contributed by atoms with Gasteiger partial charge in [-0.25, -0.2) is 4.79 Å². The molecule has 2 aromatic carbocycles. The molecule has 5 atom stereocenters. The maximum absolute atomic E-state index is 14.0. The second-order valence-electron chi connectivity index (χ2n) is 14.2. The first-order chi connectivity index (χ1) is 22.0. The van der Waals surface area contributed by atoms with E-state index in [-0.39, 0.29) is 29.4 Å². The molecule has 246 valence electrons. The van der Waals surface area contributed by atoms with Crippen LogP contribution in [0, 0.1) is 17.8 Å². The Labute approximate surface area is 267 Å². The molecule has 46 heavy (non-hydrogen) atoms. The molecule has 0 radical (unpaired) electrons. The molecule has 1 saturated heterocycles. The Morgan fingerprint density at radius 3 is 2.70 bits per heavy atom. The lowest BCUT2D eigenvalue weighted by atomic mass is 9.51. The van der Waals surface area contributed by atoms with Crippen molar-refractivity contribution in [3.8, 4) is 11.5 Å². The molecule has 2 unspecified atom stereocenters. The van der Waals surface area contributed by atoms with E-state index in [2.05, 4.69) is 4.90 Å². The van der Waals surface area contributed by atoms with Crippen LogP contribution in [-0.2, 0) is 27.6 Å². The zero-order valence-corrected chi connectivity index (χ0v) is 26.3. The number of piperidine rings is 1. The molecule has 1 N–H and O–H groups in total. The van der Waals surface area contributed by atoms with Gasteiger partial charge in [0.25, 0.3) is 0 Å². The van der Waals surface area contributed by atoms with Crippen molar-refractivity contribution in [2.24, 2.45) is 17.8 Å². The molecule has 2 aromatic rings. The van der Waals surface area contributed by atoms with Crippen LogP contribution in [0.3, 0.4) is 0 Å². The number of hydrogen-bond donors (Lipinski definition) is 1. The van der Waals surface area contributed by atoms with Gasteiger partial charge in [-0.15, -0.1) is 0 Å². The standard InChI is InChI=1S/C36H41F3N2O5/c1-21(2)18-41(30(43)13-8-22-4-3-5-25(16-22)36(37,38)39)27-11-10-26-28-17-24-9-12-29(45-31(44)20-42)33-32(24)35(26,34(27)46-33)14-15-40(28)19-23-6-7-23/h3-5,8-9,12-13,16,21,23,26-28,34,42H,6-7,10-11,14-15,17-20H2,1-2H3/b13-8+/t26-,27?,28+,34?,35-/m0/s1. The average molecular weight is 639 g/mol. The number of hydrogen-bond acceptors (Lipinski definition) is 6. The fourth-order valence-corrected chi connectivity index (χ4v) is 8.86. The number of nitrogens with zero attached hydrogens (tertiary/aromatic N) is 2. The average Bonchev–Trinajstić information content (AvgIpc) is 3.78. The van der Waals surface area contributed by atoms with Crippen LogP contribution in [-0.4, -0.2) is 71.2 Å². The summed E-state index contributed by atoms with van der Waals surface area (Å²) < 4.78 is 52.5. The van der Waals surface area contributed by atoms with Crippen LogP contribution in [0.25, 0.3) is 6.08 Å². The number of benzene rings is 2. The molecular weight excluding hydrogens is 597 g/mol. The van der Waals surface area contributed by atoms with E-state index < -0.39 is 24.3 Å². The number of aliphatic hydroxyl groups excluding tert-OH is 1. The number of amides is 1. The van der Waals surface area contributed by atoms with Crippen molar-refractivity contribution in [3.63, 3.8) is 0 Å². The van der Waals surface area contributed by atoms with E-state index in [1.807, 2.05) is 24.8 Å². The molecule has 2 heterocycles. The van der Waals surface area contributed by atoms with E-state index in [1.165, 1.54) is 36.6 Å². The zero-order chi connectivity index (χ0) is 32.4. The predicted molar refractivity (Wildman–Crippen MR) is 165 cm³/mol. The Balaban J connectivity index is 1.25. The minimum atomic E-state index is -4.47. The first-order valence-electron chi connectivity index (χ1n) is 16.5. The molecule has 0 aromatic heterocycles. The third kappa shape index (κ3) is 5.41. The Morgan fingerprint density at radius 1 is 1.17 bits per heavy atom. The maximum Gasteiger partial charge on any atom is 0.416 e. The number of carbonyl (C=O) groups excluding carboxylic acids is 2. The highest BCUT2D eigenvalue weighted by Gasteiger charge is 2.66. The molecule has 2 saturated carbocycles. The van der Waals surface area contributed by atoms with Crippen LogP contribution in [0.2, 0.25) is 0 Å². The highest BCUT2D eigenvalue weighted by Crippen LogP contribution is 2.64. The van der Waals surface area contributed by atoms with E-state index in [0.717, 1.165) is 62.4 Å². The first kappa shape index (κ1) is 31.2. The topological polar surface area (TPSA) is 79.3 Å². The van der Waals surface area contributed by atoms with Gasteiger partial charge in [0.2, 0.25) is 5.91 Å². The summed E-state index contributed by atoms with van der Waals surface area (Å²) in [7, 11) is 0. The van der Waals surface area contributed by atoms with Crippen LogP contribution in [0.1, 0.15) is 68.2 Å². The highest BCUT2D eigenvalue weighted by molar-refractivity contribution is 5.92. The number of carbonyl (C=O) groups is 2. The lowest BCUT2D eigenvalue weighted by Gasteiger charge is -2.60. The Hall–Kier alpha value is -3.37. The number of likely N-dealkylation sites (tertiary alicyclic amines) is 1. The van der Waals surface area contributed by atoms with Gasteiger partial charge in [-0.3, -0.25) is 9.69 Å². The SMILES string of the molecule is CC(C)CN(C(=O)/C=C/c1cccc(C(F)(F)F)c1)C1CC[C@H]2[C@H]3Cc4ccc(OC(=O)CO)c5c4[C@@]2(CCN3CC2CC2)C1O5. The zero-order valence-electron chi connectivity index (χ0n) is 26.3. The second-order valence-corrected chi connectivity index (χ2v) is 14.2. The van der Waals surface area contributed by atoms with Crippen molar-refractivity contribution in [2.75, 3.05) is 26.2 Å². The normalized spacial score (nSPS) is 28.2. The number of rotatable bonds is 9. The third-order valence-corrected chi connectivity index (χ3v) is 10.8. The third-order valence-electron chi connectivity index (χ3n) is 10.8. The summed E-state index contributed by atoms with van der Waals surface area (Å²) in [5.41, 5.74) is 1.46. The summed E-state index contributed by atoms with van der Waals surface area (Å²) in [4.78, 5) is 30.8. The van der Waals surface area contributed by atoms with Crippen LogP contribution < -0.4 is 9.47 Å². The van der Waals surface area contributed by atoms with Crippen molar-refractivity contribution < 1.29 is 37.3 Å². The Bertz CT molecular complexity index is 1550. The molecule has 3 fully saturated rings. The molecule has 7 rings (SSSR count). The van der Waals surface area contributed by atoms with Gasteiger partial charge in [-0.05, 0) is 98.2 Å². The molecule has 10 heteroatoms. The van der Waals surface area contributed by atoms with E-state index in [9.17, 15) is 27.9 Å². The molecule has 3 aliphatic carbocycles. The predicted octanol–water partition coefficient (Wildman–Crippen LogP) is 5.62. The smallest absolute Gasteiger partial charge is 0.416 e. The summed E-state index contributed by atoms with van der Waals surface area (Å²) in [6.07, 6.45) is 3.96. The molecule has 1 amide bonds. The number of aliphatic hydroxyl groups is 1. The van der Waals surface area contributed by atoms with Crippen LogP contribution in [0.5, 0.6) is 11.5 Å². The monoisotopic (exact) mass is 638 g/mol. The number of alkyl halides is 3. The fraction of sp³-hybridized carbons (Fsp3) is 0.556. The molecule has 5 aliphatic rings. The van der Waals surface area contributed by atoms with Crippen molar-refractivity contribution in [1.29, 1.82) is 0 Å². The van der Waals surface area contributed by atoms with Crippen molar-refractivity contribution in [1.82, 2.24) is 9.80 Å². The Morgan fingerprint density at radius 2 is 1.98 bits per heavy atom. The van der Waals surface area contributed by atoms with E-state index in [1.54, 1.807) is 12.1 Å². The lowest BCUT2D eigenvalue weighted by Crippen LogP contribution is -2.69. The van der Waals surface area contributed by atoms with Gasteiger partial charge in [0.05, 0.1) is 11.6 Å². The van der Waals surface area contributed by atoms with Gasteiger partial charge in [0.15, 0.2) is 11.5 Å². The highest BCUT2D eigenvalue weighted by atomic mass is 19.4. The van der Waals surface area contributed by atoms with Crippen molar-refractivity contribution in [3.05, 3.63) is 64.7 Å². The lowest BCUT2D eigenvalue weighted by molar-refractivity contribution is -0.139. The maximum atomic E-state index is 14.0. The van der Waals surface area contributed by atoms with E-state index in [0.29, 0.717) is 35.6 Å². The van der Waals surface area contributed by atoms with Crippen LogP contribution >= 0.6 is 0 Å². The minimum Gasteiger partial charge on any atom is -0.483 e. The summed E-state index contributed by atoms with van der Waals surface area (Å²) in [6, 6.07) is 8.84. The number of halogens is 3. The fourth-order valence-electron chi connectivity index (χ4n) is 8.86. The van der Waals surface area contributed by atoms with Crippen molar-refractivity contribution in [2.45, 2.75) is 82.2 Å².